The van der Waals surface area contributed by atoms with E-state index in [0.29, 0.717) is 24.6 Å². The Morgan fingerprint density at radius 1 is 1.00 bits per heavy atom. The average Bonchev–Trinajstić information content (AvgIpc) is 2.82. The van der Waals surface area contributed by atoms with Crippen molar-refractivity contribution in [2.24, 2.45) is 0 Å². The molecule has 1 aromatic heterocycles. The number of nitrogen functional groups attached to an aromatic ring is 1. The molecule has 1 amide bonds. The molecule has 0 aliphatic rings. The van der Waals surface area contributed by atoms with Gasteiger partial charge in [0, 0.05) is 24.2 Å². The monoisotopic (exact) mass is 484 g/mol. The molecular formula is C23H24N4O6S. The number of carbonyl (C=O) groups excluding carboxylic acids is 1. The van der Waals surface area contributed by atoms with Crippen LogP contribution in [0.25, 0.3) is 0 Å². The molecule has 178 valence electrons. The lowest BCUT2D eigenvalue weighted by Gasteiger charge is -2.16. The summed E-state index contributed by atoms with van der Waals surface area (Å²) in [4.78, 5) is 28.0. The average molecular weight is 485 g/mol. The predicted molar refractivity (Wildman–Crippen MR) is 125 cm³/mol. The minimum absolute atomic E-state index is 0.0744. The third-order valence-corrected chi connectivity index (χ3v) is 6.18. The standard InChI is InChI=1S/C23H24N4O6S/c24-21-8-4-5-17(26-21)13-14-33-18-11-9-16(10-12-18)22(28)25-15-20(23(29)30)27-34(31,32)19-6-2-1-3-7-19/h1-12,20,27H,13-15H2,(H2,24,26)(H,25,28)(H,29,30). The fraction of sp³-hybridized carbons (Fsp3) is 0.174. The number of carboxylic acid groups (broad SMARTS) is 1. The number of pyridine rings is 1. The van der Waals surface area contributed by atoms with Crippen molar-refractivity contribution in [2.45, 2.75) is 17.4 Å². The van der Waals surface area contributed by atoms with E-state index in [1.807, 2.05) is 12.1 Å². The molecule has 5 N–H and O–H groups in total. The minimum atomic E-state index is -4.06. The van der Waals surface area contributed by atoms with Crippen LogP contribution >= 0.6 is 0 Å². The van der Waals surface area contributed by atoms with Crippen LogP contribution in [0.2, 0.25) is 0 Å². The Bertz CT molecular complexity index is 1230. The number of carboxylic acids is 1. The summed E-state index contributed by atoms with van der Waals surface area (Å²) in [6.07, 6.45) is 0.558. The molecule has 1 heterocycles. The molecule has 0 aliphatic carbocycles. The van der Waals surface area contributed by atoms with Crippen LogP contribution < -0.4 is 20.5 Å². The first-order valence-corrected chi connectivity index (χ1v) is 11.8. The highest BCUT2D eigenvalue weighted by atomic mass is 32.2. The second kappa shape index (κ2) is 11.3. The summed E-state index contributed by atoms with van der Waals surface area (Å²) in [6.45, 7) is -0.0739. The third kappa shape index (κ3) is 7.02. The Morgan fingerprint density at radius 3 is 2.35 bits per heavy atom. The van der Waals surface area contributed by atoms with Gasteiger partial charge in [0.2, 0.25) is 10.0 Å². The Labute approximate surface area is 196 Å². The van der Waals surface area contributed by atoms with Crippen LogP contribution in [0.3, 0.4) is 0 Å². The first kappa shape index (κ1) is 24.7. The maximum atomic E-state index is 12.4. The van der Waals surface area contributed by atoms with Crippen LogP contribution in [0, 0.1) is 0 Å². The Morgan fingerprint density at radius 2 is 1.71 bits per heavy atom. The number of carbonyl (C=O) groups is 2. The van der Waals surface area contributed by atoms with Gasteiger partial charge in [-0.1, -0.05) is 24.3 Å². The second-order valence-corrected chi connectivity index (χ2v) is 8.93. The van der Waals surface area contributed by atoms with Gasteiger partial charge in [0.25, 0.3) is 5.91 Å². The normalized spacial score (nSPS) is 12.0. The molecule has 3 aromatic rings. The molecule has 1 unspecified atom stereocenters. The molecule has 1 atom stereocenters. The van der Waals surface area contributed by atoms with Crippen molar-refractivity contribution in [1.29, 1.82) is 0 Å². The number of benzene rings is 2. The zero-order valence-electron chi connectivity index (χ0n) is 18.0. The zero-order chi connectivity index (χ0) is 24.6. The number of nitrogens with one attached hydrogen (secondary N) is 2. The van der Waals surface area contributed by atoms with Crippen molar-refractivity contribution >= 4 is 27.7 Å². The van der Waals surface area contributed by atoms with Crippen LogP contribution in [0.5, 0.6) is 5.75 Å². The minimum Gasteiger partial charge on any atom is -0.493 e. The number of hydrogen-bond donors (Lipinski definition) is 4. The summed E-state index contributed by atoms with van der Waals surface area (Å²) in [5.41, 5.74) is 6.71. The topological polar surface area (TPSA) is 161 Å². The fourth-order valence-corrected chi connectivity index (χ4v) is 4.15. The van der Waals surface area contributed by atoms with Crippen molar-refractivity contribution in [2.75, 3.05) is 18.9 Å². The van der Waals surface area contributed by atoms with E-state index in [1.54, 1.807) is 24.3 Å². The van der Waals surface area contributed by atoms with Gasteiger partial charge in [0.15, 0.2) is 0 Å². The number of nitrogens with two attached hydrogens (primary N) is 1. The summed E-state index contributed by atoms with van der Waals surface area (Å²) in [5.74, 6) is -0.996. The number of aromatic nitrogens is 1. The van der Waals surface area contributed by atoms with Gasteiger partial charge >= 0.3 is 5.97 Å². The quantitative estimate of drug-likeness (QED) is 0.318. The van der Waals surface area contributed by atoms with E-state index in [0.717, 1.165) is 5.69 Å². The van der Waals surface area contributed by atoms with Crippen molar-refractivity contribution in [3.05, 3.63) is 84.1 Å². The van der Waals surface area contributed by atoms with E-state index in [2.05, 4.69) is 15.0 Å². The predicted octanol–water partition coefficient (Wildman–Crippen LogP) is 1.45. The first-order chi connectivity index (χ1) is 16.2. The molecule has 0 bridgehead atoms. The number of sulfonamides is 1. The summed E-state index contributed by atoms with van der Waals surface area (Å²) in [6, 6.07) is 17.4. The largest absolute Gasteiger partial charge is 0.493 e. The molecule has 0 fully saturated rings. The summed E-state index contributed by atoms with van der Waals surface area (Å²) < 4.78 is 32.5. The van der Waals surface area contributed by atoms with E-state index < -0.39 is 34.5 Å². The molecule has 0 saturated heterocycles. The van der Waals surface area contributed by atoms with E-state index in [9.17, 15) is 23.1 Å². The SMILES string of the molecule is Nc1cccc(CCOc2ccc(C(=O)NCC(NS(=O)(=O)c3ccccc3)C(=O)O)cc2)n1. The third-order valence-electron chi connectivity index (χ3n) is 4.69. The lowest BCUT2D eigenvalue weighted by Crippen LogP contribution is -2.48. The van der Waals surface area contributed by atoms with Gasteiger partial charge in [-0.05, 0) is 48.5 Å². The van der Waals surface area contributed by atoms with Gasteiger partial charge in [-0.15, -0.1) is 0 Å². The number of nitrogens with zero attached hydrogens (tertiary/aromatic N) is 1. The molecule has 11 heteroatoms. The van der Waals surface area contributed by atoms with Crippen LogP contribution in [0.4, 0.5) is 5.82 Å². The molecule has 0 spiro atoms. The highest BCUT2D eigenvalue weighted by Crippen LogP contribution is 2.13. The van der Waals surface area contributed by atoms with Crippen molar-refractivity contribution in [3.8, 4) is 5.75 Å². The highest BCUT2D eigenvalue weighted by molar-refractivity contribution is 7.89. The van der Waals surface area contributed by atoms with Crippen LogP contribution in [-0.4, -0.2) is 49.6 Å². The van der Waals surface area contributed by atoms with E-state index in [4.69, 9.17) is 10.5 Å². The first-order valence-electron chi connectivity index (χ1n) is 10.3. The Kier molecular flexibility index (Phi) is 8.17. The van der Waals surface area contributed by atoms with Gasteiger partial charge < -0.3 is 20.9 Å². The number of aliphatic carboxylic acids is 1. The summed E-state index contributed by atoms with van der Waals surface area (Å²) in [5, 5.41) is 11.8. The van der Waals surface area contributed by atoms with Crippen molar-refractivity contribution in [3.63, 3.8) is 0 Å². The van der Waals surface area contributed by atoms with Crippen molar-refractivity contribution in [1.82, 2.24) is 15.0 Å². The van der Waals surface area contributed by atoms with E-state index in [-0.39, 0.29) is 10.5 Å². The fourth-order valence-electron chi connectivity index (χ4n) is 2.94. The molecule has 3 rings (SSSR count). The summed E-state index contributed by atoms with van der Waals surface area (Å²) >= 11 is 0. The maximum Gasteiger partial charge on any atom is 0.323 e. The van der Waals surface area contributed by atoms with Crippen LogP contribution in [-0.2, 0) is 21.2 Å². The number of amides is 1. The van der Waals surface area contributed by atoms with E-state index in [1.165, 1.54) is 36.4 Å². The van der Waals surface area contributed by atoms with Gasteiger partial charge in [-0.2, -0.15) is 4.72 Å². The smallest absolute Gasteiger partial charge is 0.323 e. The highest BCUT2D eigenvalue weighted by Gasteiger charge is 2.26. The van der Waals surface area contributed by atoms with Gasteiger partial charge in [-0.25, -0.2) is 13.4 Å². The van der Waals surface area contributed by atoms with E-state index >= 15 is 0 Å². The molecule has 0 saturated carbocycles. The molecule has 0 radical (unpaired) electrons. The maximum absolute atomic E-state index is 12.4. The number of ether oxygens (including phenoxy) is 1. The molecule has 10 nitrogen and oxygen atoms in total. The van der Waals surface area contributed by atoms with Crippen LogP contribution in [0.1, 0.15) is 16.1 Å². The lowest BCUT2D eigenvalue weighted by atomic mass is 10.2. The van der Waals surface area contributed by atoms with Gasteiger partial charge in [0.1, 0.15) is 17.6 Å². The second-order valence-electron chi connectivity index (χ2n) is 7.21. The molecule has 34 heavy (non-hydrogen) atoms. The van der Waals surface area contributed by atoms with Gasteiger partial charge in [0.05, 0.1) is 11.5 Å². The number of anilines is 1. The molecule has 2 aromatic carbocycles. The lowest BCUT2D eigenvalue weighted by molar-refractivity contribution is -0.138. The molecular weight excluding hydrogens is 460 g/mol. The zero-order valence-corrected chi connectivity index (χ0v) is 18.9. The number of hydrogen-bond acceptors (Lipinski definition) is 7. The Balaban J connectivity index is 1.52. The number of rotatable bonds is 11. The van der Waals surface area contributed by atoms with Crippen molar-refractivity contribution < 1.29 is 27.9 Å². The Hall–Kier alpha value is -3.96. The van der Waals surface area contributed by atoms with Gasteiger partial charge in [-0.3, -0.25) is 9.59 Å². The molecule has 0 aliphatic heterocycles. The van der Waals surface area contributed by atoms with Crippen LogP contribution in [0.15, 0.2) is 77.7 Å². The summed E-state index contributed by atoms with van der Waals surface area (Å²) in [7, 11) is -4.06.